The second-order valence-corrected chi connectivity index (χ2v) is 7.36. The first-order valence-electron chi connectivity index (χ1n) is 8.25. The van der Waals surface area contributed by atoms with E-state index in [1.807, 2.05) is 0 Å². The molecule has 1 aromatic rings. The van der Waals surface area contributed by atoms with E-state index in [2.05, 4.69) is 21.2 Å². The number of carbonyl (C=O) groups is 2. The maximum absolute atomic E-state index is 12.2. The molecule has 2 saturated heterocycles. The largest absolute Gasteiger partial charge is 0.497 e. The summed E-state index contributed by atoms with van der Waals surface area (Å²) in [6.45, 7) is 0.0726. The van der Waals surface area contributed by atoms with Crippen LogP contribution in [0, 0.1) is 0 Å². The molecule has 1 aromatic carbocycles. The summed E-state index contributed by atoms with van der Waals surface area (Å²) in [6, 6.07) is 5.26. The van der Waals surface area contributed by atoms with Gasteiger partial charge in [-0.05, 0) is 60.2 Å². The van der Waals surface area contributed by atoms with E-state index in [0.29, 0.717) is 15.9 Å². The number of carboxylic acid groups (broad SMARTS) is 1. The number of hydrogen-bond acceptors (Lipinski definition) is 4. The van der Waals surface area contributed by atoms with Crippen molar-refractivity contribution in [3.8, 4) is 5.75 Å². The number of benzene rings is 1. The van der Waals surface area contributed by atoms with Crippen LogP contribution in [0.4, 0.5) is 15.3 Å². The van der Waals surface area contributed by atoms with Crippen LogP contribution >= 0.6 is 15.9 Å². The molecule has 2 N–H and O–H groups in total. The number of piperidine rings is 1. The lowest BCUT2D eigenvalue weighted by molar-refractivity contribution is 0.0110. The number of halogens is 1. The molecule has 136 valence electrons. The summed E-state index contributed by atoms with van der Waals surface area (Å²) in [7, 11) is 1.55. The molecule has 0 spiro atoms. The Bertz CT molecular complexity index is 679. The number of nitrogens with zero attached hydrogens (tertiary/aromatic N) is 1. The highest BCUT2D eigenvalue weighted by molar-refractivity contribution is 9.10. The normalized spacial score (nSPS) is 24.7. The molecular formula is C17H21BrN2O5. The van der Waals surface area contributed by atoms with Gasteiger partial charge in [0.1, 0.15) is 12.4 Å². The molecule has 8 heteroatoms. The number of methoxy groups -OCH3 is 1. The van der Waals surface area contributed by atoms with Gasteiger partial charge in [-0.15, -0.1) is 0 Å². The number of carbonyl (C=O) groups excluding carboxylic acids is 1. The molecule has 3 rings (SSSR count). The number of rotatable bonds is 4. The Morgan fingerprint density at radius 3 is 2.92 bits per heavy atom. The lowest BCUT2D eigenvalue weighted by atomic mass is 9.89. The van der Waals surface area contributed by atoms with Crippen molar-refractivity contribution in [3.05, 3.63) is 22.7 Å². The maximum atomic E-state index is 12.2. The van der Waals surface area contributed by atoms with Crippen LogP contribution in [0.2, 0.25) is 0 Å². The van der Waals surface area contributed by atoms with Crippen molar-refractivity contribution >= 4 is 33.8 Å². The highest BCUT2D eigenvalue weighted by Crippen LogP contribution is 2.44. The molecular weight excluding hydrogens is 392 g/mol. The summed E-state index contributed by atoms with van der Waals surface area (Å²) in [4.78, 5) is 25.3. The van der Waals surface area contributed by atoms with Crippen molar-refractivity contribution in [2.45, 2.75) is 43.7 Å². The molecule has 2 atom stereocenters. The molecule has 7 nitrogen and oxygen atoms in total. The fourth-order valence-corrected chi connectivity index (χ4v) is 4.25. The average molecular weight is 413 g/mol. The number of hydrogen-bond donors (Lipinski definition) is 2. The topological polar surface area (TPSA) is 88.1 Å². The summed E-state index contributed by atoms with van der Waals surface area (Å²) >= 11 is 3.36. The third-order valence-corrected chi connectivity index (χ3v) is 5.78. The average Bonchev–Trinajstić information content (AvgIpc) is 2.82. The number of fused-ring (bicyclic) bond motifs is 2. The van der Waals surface area contributed by atoms with Gasteiger partial charge >= 0.3 is 12.2 Å². The van der Waals surface area contributed by atoms with Crippen LogP contribution in [0.15, 0.2) is 22.7 Å². The molecule has 25 heavy (non-hydrogen) atoms. The highest BCUT2D eigenvalue weighted by atomic mass is 79.9. The molecule has 0 radical (unpaired) electrons. The van der Waals surface area contributed by atoms with Gasteiger partial charge < -0.3 is 14.6 Å². The van der Waals surface area contributed by atoms with Crippen molar-refractivity contribution in [2.24, 2.45) is 0 Å². The van der Waals surface area contributed by atoms with Crippen molar-refractivity contribution in [2.75, 3.05) is 19.0 Å². The van der Waals surface area contributed by atoms with Crippen molar-refractivity contribution in [3.63, 3.8) is 0 Å². The predicted octanol–water partition coefficient (Wildman–Crippen LogP) is 4.07. The minimum atomic E-state index is -0.929. The first-order chi connectivity index (χ1) is 11.9. The Labute approximate surface area is 154 Å². The molecule has 2 aliphatic rings. The summed E-state index contributed by atoms with van der Waals surface area (Å²) in [5.74, 6) is 0.611. The van der Waals surface area contributed by atoms with Crippen LogP contribution in [0.3, 0.4) is 0 Å². The quantitative estimate of drug-likeness (QED) is 0.777. The van der Waals surface area contributed by atoms with Crippen molar-refractivity contribution in [1.29, 1.82) is 0 Å². The van der Waals surface area contributed by atoms with Gasteiger partial charge in [-0.25, -0.2) is 9.59 Å². The van der Waals surface area contributed by atoms with Gasteiger partial charge in [0.25, 0.3) is 0 Å². The van der Waals surface area contributed by atoms with Crippen LogP contribution < -0.4 is 10.1 Å². The summed E-state index contributed by atoms with van der Waals surface area (Å²) < 4.78 is 11.2. The molecule has 2 heterocycles. The van der Waals surface area contributed by atoms with Gasteiger partial charge in [-0.3, -0.25) is 10.2 Å². The second kappa shape index (κ2) is 7.11. The number of anilines is 1. The minimum absolute atomic E-state index is 0.0467. The third kappa shape index (κ3) is 3.53. The number of nitrogens with one attached hydrogen (secondary N) is 1. The molecule has 2 unspecified atom stereocenters. The van der Waals surface area contributed by atoms with Gasteiger partial charge in [0.05, 0.1) is 18.3 Å². The molecule has 2 aliphatic heterocycles. The molecule has 2 fully saturated rings. The van der Waals surface area contributed by atoms with E-state index in [0.717, 1.165) is 32.1 Å². The Kier molecular flexibility index (Phi) is 5.08. The van der Waals surface area contributed by atoms with E-state index in [4.69, 9.17) is 9.47 Å². The molecule has 0 aliphatic carbocycles. The van der Waals surface area contributed by atoms with E-state index >= 15 is 0 Å². The first-order valence-corrected chi connectivity index (χ1v) is 9.04. The Morgan fingerprint density at radius 1 is 1.40 bits per heavy atom. The third-order valence-electron chi connectivity index (χ3n) is 5.09. The van der Waals surface area contributed by atoms with Gasteiger partial charge in [0.15, 0.2) is 0 Å². The molecule has 0 saturated carbocycles. The Balaban J connectivity index is 1.65. The Hall–Kier alpha value is -1.96. The summed E-state index contributed by atoms with van der Waals surface area (Å²) in [5, 5.41) is 12.2. The zero-order chi connectivity index (χ0) is 18.0. The first kappa shape index (κ1) is 17.8. The monoisotopic (exact) mass is 412 g/mol. The summed E-state index contributed by atoms with van der Waals surface area (Å²) in [5.41, 5.74) is -0.0533. The Morgan fingerprint density at radius 2 is 2.20 bits per heavy atom. The van der Waals surface area contributed by atoms with Gasteiger partial charge in [0, 0.05) is 16.6 Å². The minimum Gasteiger partial charge on any atom is -0.497 e. The van der Waals surface area contributed by atoms with Crippen LogP contribution in [0.25, 0.3) is 0 Å². The zero-order valence-electron chi connectivity index (χ0n) is 14.0. The molecule has 0 aromatic heterocycles. The van der Waals surface area contributed by atoms with Gasteiger partial charge in [-0.2, -0.15) is 0 Å². The van der Waals surface area contributed by atoms with Crippen LogP contribution in [-0.4, -0.2) is 47.5 Å². The SMILES string of the molecule is COc1ccc(Br)c(NC(=O)OCC23CCCC(CC2)N3C(=O)O)c1. The van der Waals surface area contributed by atoms with E-state index in [1.165, 1.54) is 4.90 Å². The number of amides is 2. The maximum Gasteiger partial charge on any atom is 0.411 e. The van der Waals surface area contributed by atoms with Crippen LogP contribution in [0.5, 0.6) is 5.75 Å². The van der Waals surface area contributed by atoms with E-state index in [9.17, 15) is 14.7 Å². The molecule has 2 bridgehead atoms. The fraction of sp³-hybridized carbons (Fsp3) is 0.529. The lowest BCUT2D eigenvalue weighted by Crippen LogP contribution is -2.55. The van der Waals surface area contributed by atoms with Crippen molar-refractivity contribution < 1.29 is 24.2 Å². The fourth-order valence-electron chi connectivity index (χ4n) is 3.90. The standard InChI is InChI=1S/C17H21BrN2O5/c1-24-12-4-5-13(18)14(9-12)19-15(21)25-10-17-7-2-3-11(6-8-17)20(17)16(22)23/h4-5,9,11H,2-3,6-8,10H2,1H3,(H,19,21)(H,22,23). The van der Waals surface area contributed by atoms with Crippen LogP contribution in [-0.2, 0) is 4.74 Å². The van der Waals surface area contributed by atoms with Crippen LogP contribution in [0.1, 0.15) is 32.1 Å². The second-order valence-electron chi connectivity index (χ2n) is 6.51. The predicted molar refractivity (Wildman–Crippen MR) is 95.1 cm³/mol. The van der Waals surface area contributed by atoms with E-state index in [-0.39, 0.29) is 12.6 Å². The van der Waals surface area contributed by atoms with E-state index in [1.54, 1.807) is 25.3 Å². The van der Waals surface area contributed by atoms with Crippen molar-refractivity contribution in [1.82, 2.24) is 4.90 Å². The van der Waals surface area contributed by atoms with Gasteiger partial charge in [0.2, 0.25) is 0 Å². The van der Waals surface area contributed by atoms with E-state index < -0.39 is 17.7 Å². The smallest absolute Gasteiger partial charge is 0.411 e. The number of ether oxygens (including phenoxy) is 2. The lowest BCUT2D eigenvalue weighted by Gasteiger charge is -2.42. The highest BCUT2D eigenvalue weighted by Gasteiger charge is 2.52. The van der Waals surface area contributed by atoms with Gasteiger partial charge in [-0.1, -0.05) is 0 Å². The zero-order valence-corrected chi connectivity index (χ0v) is 15.5. The molecule has 2 amide bonds. The summed E-state index contributed by atoms with van der Waals surface area (Å²) in [6.07, 6.45) is 2.60.